The van der Waals surface area contributed by atoms with Crippen molar-refractivity contribution in [3.05, 3.63) is 17.3 Å². The van der Waals surface area contributed by atoms with Crippen molar-refractivity contribution in [1.82, 2.24) is 9.97 Å². The summed E-state index contributed by atoms with van der Waals surface area (Å²) in [5.41, 5.74) is 0.434. The molecule has 0 aliphatic heterocycles. The van der Waals surface area contributed by atoms with Crippen molar-refractivity contribution in [2.24, 2.45) is 0 Å². The third-order valence-electron chi connectivity index (χ3n) is 1.93. The molecule has 4 nitrogen and oxygen atoms in total. The number of nitrogens with zero attached hydrogens (tertiary/aromatic N) is 2. The summed E-state index contributed by atoms with van der Waals surface area (Å²) in [7, 11) is -3.26. The van der Waals surface area contributed by atoms with Gasteiger partial charge in [0.05, 0.1) is 15.5 Å². The summed E-state index contributed by atoms with van der Waals surface area (Å²) < 4.78 is 24.4. The van der Waals surface area contributed by atoms with Crippen LogP contribution in [0.15, 0.2) is 16.6 Å². The zero-order valence-corrected chi connectivity index (χ0v) is 10.9. The van der Waals surface area contributed by atoms with Crippen LogP contribution in [-0.2, 0) is 9.84 Å². The Kier molecular flexibility index (Phi) is 3.14. The van der Waals surface area contributed by atoms with Gasteiger partial charge in [0.1, 0.15) is 0 Å². The first-order chi connectivity index (χ1) is 7.53. The maximum atomic E-state index is 11.8. The second-order valence-corrected chi connectivity index (χ2v) is 7.02. The molecule has 0 saturated heterocycles. The SMILES string of the molecule is CCCS(=O)(=O)c1nc2ncc(Cl)cc2s1. The van der Waals surface area contributed by atoms with Gasteiger partial charge in [0, 0.05) is 6.20 Å². The van der Waals surface area contributed by atoms with Crippen LogP contribution in [0.1, 0.15) is 13.3 Å². The maximum absolute atomic E-state index is 11.8. The average Bonchev–Trinajstić information content (AvgIpc) is 2.61. The third kappa shape index (κ3) is 2.18. The van der Waals surface area contributed by atoms with Gasteiger partial charge in [-0.1, -0.05) is 18.5 Å². The second kappa shape index (κ2) is 4.27. The van der Waals surface area contributed by atoms with E-state index < -0.39 is 9.84 Å². The van der Waals surface area contributed by atoms with Gasteiger partial charge in [-0.25, -0.2) is 18.4 Å². The number of fused-ring (bicyclic) bond motifs is 1. The van der Waals surface area contributed by atoms with Crippen molar-refractivity contribution >= 4 is 43.1 Å². The summed E-state index contributed by atoms with van der Waals surface area (Å²) in [5, 5.41) is 0.482. The van der Waals surface area contributed by atoms with E-state index in [0.717, 1.165) is 11.3 Å². The van der Waals surface area contributed by atoms with Crippen LogP contribution in [-0.4, -0.2) is 24.1 Å². The minimum absolute atomic E-state index is 0.112. The topological polar surface area (TPSA) is 59.9 Å². The van der Waals surface area contributed by atoms with E-state index in [2.05, 4.69) is 9.97 Å². The fourth-order valence-electron chi connectivity index (χ4n) is 1.26. The van der Waals surface area contributed by atoms with Gasteiger partial charge in [-0.2, -0.15) is 0 Å². The molecule has 0 N–H and O–H groups in total. The Bertz CT molecular complexity index is 621. The van der Waals surface area contributed by atoms with E-state index in [1.165, 1.54) is 6.20 Å². The normalized spacial score (nSPS) is 12.1. The predicted octanol–water partition coefficient (Wildman–Crippen LogP) is 2.53. The van der Waals surface area contributed by atoms with Gasteiger partial charge in [-0.3, -0.25) is 0 Å². The van der Waals surface area contributed by atoms with Gasteiger partial charge >= 0.3 is 0 Å². The Morgan fingerprint density at radius 3 is 2.94 bits per heavy atom. The molecule has 16 heavy (non-hydrogen) atoms. The Labute approximate surface area is 102 Å². The number of thiazole rings is 1. The summed E-state index contributed by atoms with van der Waals surface area (Å²) in [4.78, 5) is 7.98. The molecule has 0 bridgehead atoms. The Morgan fingerprint density at radius 1 is 1.50 bits per heavy atom. The first kappa shape index (κ1) is 11.8. The maximum Gasteiger partial charge on any atom is 0.211 e. The van der Waals surface area contributed by atoms with Gasteiger partial charge in [0.15, 0.2) is 5.65 Å². The first-order valence-corrected chi connectivity index (χ1v) is 7.52. The zero-order chi connectivity index (χ0) is 11.8. The first-order valence-electron chi connectivity index (χ1n) is 4.68. The third-order valence-corrected chi connectivity index (χ3v) is 5.51. The number of aromatic nitrogens is 2. The fraction of sp³-hybridized carbons (Fsp3) is 0.333. The average molecular weight is 277 g/mol. The van der Waals surface area contributed by atoms with Crippen LogP contribution in [0, 0.1) is 0 Å². The zero-order valence-electron chi connectivity index (χ0n) is 8.47. The van der Waals surface area contributed by atoms with Crippen LogP contribution < -0.4 is 0 Å². The predicted molar refractivity (Wildman–Crippen MR) is 64.8 cm³/mol. The number of hydrogen-bond acceptors (Lipinski definition) is 5. The Morgan fingerprint density at radius 2 is 2.25 bits per heavy atom. The van der Waals surface area contributed by atoms with Gasteiger partial charge < -0.3 is 0 Å². The quantitative estimate of drug-likeness (QED) is 0.864. The molecule has 0 saturated carbocycles. The number of rotatable bonds is 3. The van der Waals surface area contributed by atoms with Crippen LogP contribution in [0.5, 0.6) is 0 Å². The molecule has 2 aromatic heterocycles. The smallest absolute Gasteiger partial charge is 0.211 e. The molecule has 0 aliphatic carbocycles. The molecule has 0 radical (unpaired) electrons. The molecule has 86 valence electrons. The molecular formula is C9H9ClN2O2S2. The van der Waals surface area contributed by atoms with Crippen molar-refractivity contribution in [3.8, 4) is 0 Å². The monoisotopic (exact) mass is 276 g/mol. The van der Waals surface area contributed by atoms with E-state index in [1.54, 1.807) is 6.07 Å². The standard InChI is InChI=1S/C9H9ClN2O2S2/c1-2-3-16(13,14)9-12-8-7(15-9)4-6(10)5-11-8/h4-5H,2-3H2,1H3. The molecule has 2 aromatic rings. The van der Waals surface area contributed by atoms with Crippen molar-refractivity contribution in [2.45, 2.75) is 17.7 Å². The molecule has 0 spiro atoms. The van der Waals surface area contributed by atoms with Crippen molar-refractivity contribution in [1.29, 1.82) is 0 Å². The summed E-state index contributed by atoms with van der Waals surface area (Å²) in [6, 6.07) is 1.67. The van der Waals surface area contributed by atoms with E-state index in [0.29, 0.717) is 21.8 Å². The molecule has 0 aliphatic rings. The molecule has 2 heterocycles. The molecule has 7 heteroatoms. The second-order valence-electron chi connectivity index (χ2n) is 3.27. The highest BCUT2D eigenvalue weighted by Gasteiger charge is 2.19. The van der Waals surface area contributed by atoms with Crippen LogP contribution in [0.4, 0.5) is 0 Å². The number of hydrogen-bond donors (Lipinski definition) is 0. The van der Waals surface area contributed by atoms with Crippen molar-refractivity contribution in [3.63, 3.8) is 0 Å². The highest BCUT2D eigenvalue weighted by molar-refractivity contribution is 7.93. The summed E-state index contributed by atoms with van der Waals surface area (Å²) in [6.07, 6.45) is 2.03. The molecule has 0 unspecified atom stereocenters. The Balaban J connectivity index is 2.55. The minimum Gasteiger partial charge on any atom is -0.234 e. The van der Waals surface area contributed by atoms with Crippen LogP contribution in [0.2, 0.25) is 5.02 Å². The van der Waals surface area contributed by atoms with E-state index in [4.69, 9.17) is 11.6 Å². The summed E-state index contributed by atoms with van der Waals surface area (Å²) in [6.45, 7) is 1.82. The van der Waals surface area contributed by atoms with Crippen molar-refractivity contribution < 1.29 is 8.42 Å². The lowest BCUT2D eigenvalue weighted by molar-refractivity contribution is 0.594. The minimum atomic E-state index is -3.26. The van der Waals surface area contributed by atoms with E-state index in [9.17, 15) is 8.42 Å². The molecule has 0 aromatic carbocycles. The van der Waals surface area contributed by atoms with E-state index in [-0.39, 0.29) is 10.1 Å². The molecular weight excluding hydrogens is 268 g/mol. The number of pyridine rings is 1. The summed E-state index contributed by atoms with van der Waals surface area (Å²) >= 11 is 6.88. The molecule has 2 rings (SSSR count). The van der Waals surface area contributed by atoms with Gasteiger partial charge in [0.2, 0.25) is 14.2 Å². The number of sulfone groups is 1. The fourth-order valence-corrected chi connectivity index (χ4v) is 4.15. The molecule has 0 amide bonds. The largest absolute Gasteiger partial charge is 0.234 e. The number of halogens is 1. The van der Waals surface area contributed by atoms with E-state index >= 15 is 0 Å². The Hall–Kier alpha value is -0.720. The van der Waals surface area contributed by atoms with Crippen LogP contribution >= 0.6 is 22.9 Å². The lowest BCUT2D eigenvalue weighted by Gasteiger charge is -1.94. The van der Waals surface area contributed by atoms with Gasteiger partial charge in [-0.15, -0.1) is 11.3 Å². The van der Waals surface area contributed by atoms with Gasteiger partial charge in [0.25, 0.3) is 0 Å². The molecule has 0 atom stereocenters. The summed E-state index contributed by atoms with van der Waals surface area (Å²) in [5.74, 6) is 0.112. The van der Waals surface area contributed by atoms with Crippen LogP contribution in [0.25, 0.3) is 10.3 Å². The van der Waals surface area contributed by atoms with Gasteiger partial charge in [-0.05, 0) is 12.5 Å². The lowest BCUT2D eigenvalue weighted by Crippen LogP contribution is -2.04. The van der Waals surface area contributed by atoms with E-state index in [1.807, 2.05) is 6.92 Å². The van der Waals surface area contributed by atoms with Crippen LogP contribution in [0.3, 0.4) is 0 Å². The van der Waals surface area contributed by atoms with Crippen molar-refractivity contribution in [2.75, 3.05) is 5.75 Å². The highest BCUT2D eigenvalue weighted by Crippen LogP contribution is 2.26. The highest BCUT2D eigenvalue weighted by atomic mass is 35.5. The molecule has 0 fully saturated rings. The lowest BCUT2D eigenvalue weighted by atomic mass is 10.5.